The number of allylic oxidation sites excluding steroid dienone is 4. The fraction of sp³-hybridized carbons (Fsp3) is 0.842. The van der Waals surface area contributed by atoms with Gasteiger partial charge in [0.05, 0.1) is 13.2 Å². The van der Waals surface area contributed by atoms with Gasteiger partial charge in [-0.2, -0.15) is 0 Å². The van der Waals surface area contributed by atoms with E-state index in [0.29, 0.717) is 6.42 Å². The third kappa shape index (κ3) is 34.4. The summed E-state index contributed by atoms with van der Waals surface area (Å²) in [6.45, 7) is 3.68. The van der Waals surface area contributed by atoms with Crippen molar-refractivity contribution in [2.75, 3.05) is 26.4 Å². The molecule has 10 heteroatoms. The number of phosphoric acid groups is 1. The Morgan fingerprint density at radius 1 is 0.604 bits per heavy atom. The number of unbranched alkanes of at least 4 members (excludes halogenated alkanes) is 19. The van der Waals surface area contributed by atoms with Crippen LogP contribution in [0.15, 0.2) is 24.3 Å². The van der Waals surface area contributed by atoms with Crippen LogP contribution in [0, 0.1) is 0 Å². The zero-order chi connectivity index (χ0) is 35.4. The molecule has 1 unspecified atom stereocenters. The van der Waals surface area contributed by atoms with Gasteiger partial charge < -0.3 is 20.1 Å². The summed E-state index contributed by atoms with van der Waals surface area (Å²) in [6, 6.07) is 0. The van der Waals surface area contributed by atoms with E-state index in [1.165, 1.54) is 77.0 Å². The SMILES string of the molecule is CCCCCCC/C=C/CCCCCCCC(=O)OC[C@H](COP(=O)(O)OCCN)OC(=O)CCCCC/C=C/CCCCCCCC. The number of hydrogen-bond acceptors (Lipinski definition) is 8. The van der Waals surface area contributed by atoms with Gasteiger partial charge in [-0.3, -0.25) is 18.6 Å². The fourth-order valence-electron chi connectivity index (χ4n) is 5.15. The Balaban J connectivity index is 4.25. The van der Waals surface area contributed by atoms with Crippen molar-refractivity contribution in [1.82, 2.24) is 0 Å². The van der Waals surface area contributed by atoms with E-state index in [4.69, 9.17) is 24.3 Å². The normalized spacial score (nSPS) is 13.7. The van der Waals surface area contributed by atoms with Crippen LogP contribution in [0.25, 0.3) is 0 Å². The van der Waals surface area contributed by atoms with E-state index in [1.54, 1.807) is 0 Å². The lowest BCUT2D eigenvalue weighted by atomic mass is 10.1. The minimum Gasteiger partial charge on any atom is -0.462 e. The van der Waals surface area contributed by atoms with E-state index in [0.717, 1.165) is 64.2 Å². The van der Waals surface area contributed by atoms with Crippen LogP contribution in [0.1, 0.15) is 174 Å². The van der Waals surface area contributed by atoms with Crippen molar-refractivity contribution in [3.05, 3.63) is 24.3 Å². The fourth-order valence-corrected chi connectivity index (χ4v) is 5.92. The summed E-state index contributed by atoms with van der Waals surface area (Å²) in [5.74, 6) is -0.857. The maximum Gasteiger partial charge on any atom is 0.472 e. The summed E-state index contributed by atoms with van der Waals surface area (Å²) in [4.78, 5) is 34.7. The van der Waals surface area contributed by atoms with Crippen LogP contribution in [0.3, 0.4) is 0 Å². The van der Waals surface area contributed by atoms with Gasteiger partial charge in [0.1, 0.15) is 6.61 Å². The average molecular weight is 702 g/mol. The summed E-state index contributed by atoms with van der Waals surface area (Å²) in [5, 5.41) is 0. The summed E-state index contributed by atoms with van der Waals surface area (Å²) in [5.41, 5.74) is 5.33. The lowest BCUT2D eigenvalue weighted by molar-refractivity contribution is -0.161. The highest BCUT2D eigenvalue weighted by molar-refractivity contribution is 7.47. The predicted octanol–water partition coefficient (Wildman–Crippen LogP) is 10.4. The quantitative estimate of drug-likeness (QED) is 0.0283. The smallest absolute Gasteiger partial charge is 0.462 e. The molecule has 0 aromatic carbocycles. The first-order valence-electron chi connectivity index (χ1n) is 19.3. The zero-order valence-electron chi connectivity index (χ0n) is 30.7. The van der Waals surface area contributed by atoms with Crippen molar-refractivity contribution < 1.29 is 37.6 Å². The van der Waals surface area contributed by atoms with Crippen LogP contribution in [0.5, 0.6) is 0 Å². The zero-order valence-corrected chi connectivity index (χ0v) is 31.6. The molecule has 0 aromatic heterocycles. The highest BCUT2D eigenvalue weighted by atomic mass is 31.2. The van der Waals surface area contributed by atoms with Crippen molar-refractivity contribution >= 4 is 19.8 Å². The van der Waals surface area contributed by atoms with E-state index in [9.17, 15) is 19.0 Å². The predicted molar refractivity (Wildman–Crippen MR) is 197 cm³/mol. The number of esters is 2. The van der Waals surface area contributed by atoms with Gasteiger partial charge in [0, 0.05) is 19.4 Å². The van der Waals surface area contributed by atoms with Crippen molar-refractivity contribution in [2.45, 2.75) is 180 Å². The van der Waals surface area contributed by atoms with Crippen molar-refractivity contribution in [2.24, 2.45) is 5.73 Å². The highest BCUT2D eigenvalue weighted by Gasteiger charge is 2.25. The average Bonchev–Trinajstić information content (AvgIpc) is 3.07. The van der Waals surface area contributed by atoms with E-state index in [2.05, 4.69) is 38.2 Å². The van der Waals surface area contributed by atoms with Crippen LogP contribution in [0.2, 0.25) is 0 Å². The Kier molecular flexibility index (Phi) is 34.2. The maximum absolute atomic E-state index is 12.5. The van der Waals surface area contributed by atoms with Crippen LogP contribution >= 0.6 is 7.82 Å². The Morgan fingerprint density at radius 3 is 1.50 bits per heavy atom. The number of rotatable bonds is 36. The molecule has 0 saturated carbocycles. The molecule has 48 heavy (non-hydrogen) atoms. The van der Waals surface area contributed by atoms with E-state index >= 15 is 0 Å². The van der Waals surface area contributed by atoms with Gasteiger partial charge in [-0.1, -0.05) is 122 Å². The van der Waals surface area contributed by atoms with Gasteiger partial charge in [0.25, 0.3) is 0 Å². The minimum atomic E-state index is -4.37. The van der Waals surface area contributed by atoms with Crippen LogP contribution in [-0.2, 0) is 32.7 Å². The second kappa shape index (κ2) is 35.3. The van der Waals surface area contributed by atoms with Gasteiger partial charge in [0.15, 0.2) is 6.10 Å². The molecule has 0 saturated heterocycles. The molecule has 0 spiro atoms. The number of ether oxygens (including phenoxy) is 2. The molecule has 0 heterocycles. The maximum atomic E-state index is 12.5. The molecule has 0 radical (unpaired) electrons. The molecule has 0 aliphatic heterocycles. The van der Waals surface area contributed by atoms with Crippen molar-refractivity contribution in [3.63, 3.8) is 0 Å². The molecule has 0 bridgehead atoms. The third-order valence-corrected chi connectivity index (χ3v) is 9.04. The molecule has 0 aliphatic carbocycles. The lowest BCUT2D eigenvalue weighted by Gasteiger charge is -2.19. The van der Waals surface area contributed by atoms with Gasteiger partial charge in [-0.15, -0.1) is 0 Å². The van der Waals surface area contributed by atoms with Gasteiger partial charge in [0.2, 0.25) is 0 Å². The topological polar surface area (TPSA) is 134 Å². The Bertz CT molecular complexity index is 851. The Hall–Kier alpha value is -1.51. The Labute approximate surface area is 293 Å². The molecule has 0 aromatic rings. The summed E-state index contributed by atoms with van der Waals surface area (Å²) in [6.07, 6.45) is 34.9. The number of hydrogen-bond donors (Lipinski definition) is 2. The standard InChI is InChI=1S/C38H72NO8P/c1-3-5-7-9-11-13-15-17-19-20-22-24-26-28-30-37(40)44-34-36(35-46-48(42,43)45-33-32-39)47-38(41)31-29-27-25-23-21-18-16-14-12-10-8-6-4-2/h15,17-18,21,36H,3-14,16,19-20,22-35,39H2,1-2H3,(H,42,43)/b17-15+,21-18+/t36-/m1/s1. The Morgan fingerprint density at radius 2 is 1.02 bits per heavy atom. The first-order chi connectivity index (χ1) is 23.3. The first kappa shape index (κ1) is 46.5. The lowest BCUT2D eigenvalue weighted by Crippen LogP contribution is -2.29. The molecule has 0 aliphatic rings. The molecule has 3 N–H and O–H groups in total. The number of nitrogens with two attached hydrogens (primary N) is 1. The minimum absolute atomic E-state index is 0.0508. The second-order valence-corrected chi connectivity index (χ2v) is 14.2. The van der Waals surface area contributed by atoms with Crippen LogP contribution < -0.4 is 5.73 Å². The molecule has 282 valence electrons. The van der Waals surface area contributed by atoms with E-state index in [-0.39, 0.29) is 32.6 Å². The van der Waals surface area contributed by atoms with Crippen LogP contribution in [0.4, 0.5) is 0 Å². The van der Waals surface area contributed by atoms with Gasteiger partial charge in [-0.05, 0) is 64.2 Å². The summed E-state index contributed by atoms with van der Waals surface area (Å²) >= 11 is 0. The molecule has 9 nitrogen and oxygen atoms in total. The monoisotopic (exact) mass is 701 g/mol. The van der Waals surface area contributed by atoms with Crippen LogP contribution in [-0.4, -0.2) is 49.3 Å². The molecule has 0 rings (SSSR count). The van der Waals surface area contributed by atoms with Gasteiger partial charge >= 0.3 is 19.8 Å². The van der Waals surface area contributed by atoms with E-state index < -0.39 is 32.5 Å². The van der Waals surface area contributed by atoms with E-state index in [1.807, 2.05) is 0 Å². The molecular formula is C38H72NO8P. The highest BCUT2D eigenvalue weighted by Crippen LogP contribution is 2.43. The first-order valence-corrected chi connectivity index (χ1v) is 20.8. The summed E-state index contributed by atoms with van der Waals surface area (Å²) < 4.78 is 32.6. The second-order valence-electron chi connectivity index (χ2n) is 12.8. The van der Waals surface area contributed by atoms with Crippen molar-refractivity contribution in [3.8, 4) is 0 Å². The largest absolute Gasteiger partial charge is 0.472 e. The number of carbonyl (C=O) groups excluding carboxylic acids is 2. The van der Waals surface area contributed by atoms with Crippen molar-refractivity contribution in [1.29, 1.82) is 0 Å². The third-order valence-electron chi connectivity index (χ3n) is 8.06. The molecular weight excluding hydrogens is 629 g/mol. The summed E-state index contributed by atoms with van der Waals surface area (Å²) in [7, 11) is -4.37. The number of carbonyl (C=O) groups is 2. The molecule has 0 fully saturated rings. The molecule has 2 atom stereocenters. The van der Waals surface area contributed by atoms with Gasteiger partial charge in [-0.25, -0.2) is 4.57 Å². The molecule has 0 amide bonds. The number of phosphoric ester groups is 1.